The quantitative estimate of drug-likeness (QED) is 0.281. The summed E-state index contributed by atoms with van der Waals surface area (Å²) in [5.41, 5.74) is 4.04. The third-order valence-electron chi connectivity index (χ3n) is 5.83. The molecule has 5 heteroatoms. The lowest BCUT2D eigenvalue weighted by Crippen LogP contribution is -1.98. The number of aromatic hydroxyl groups is 3. The van der Waals surface area contributed by atoms with E-state index in [1.165, 1.54) is 0 Å². The van der Waals surface area contributed by atoms with Gasteiger partial charge in [0.25, 0.3) is 0 Å². The Balaban J connectivity index is 1.54. The number of fused-ring (bicyclic) bond motifs is 4. The molecule has 5 nitrogen and oxygen atoms in total. The van der Waals surface area contributed by atoms with Crippen molar-refractivity contribution >= 4 is 0 Å². The van der Waals surface area contributed by atoms with E-state index < -0.39 is 0 Å². The Morgan fingerprint density at radius 1 is 0.545 bits per heavy atom. The second-order valence-corrected chi connectivity index (χ2v) is 8.25. The molecule has 0 saturated carbocycles. The van der Waals surface area contributed by atoms with Crippen LogP contribution in [0.25, 0.3) is 0 Å². The fourth-order valence-corrected chi connectivity index (χ4v) is 4.03. The van der Waals surface area contributed by atoms with E-state index in [4.69, 9.17) is 9.47 Å². The van der Waals surface area contributed by atoms with Gasteiger partial charge in [-0.05, 0) is 90.4 Å². The number of hydrogen-bond acceptors (Lipinski definition) is 5. The Hall–Kier alpha value is -4.12. The highest BCUT2D eigenvalue weighted by Crippen LogP contribution is 2.39. The fraction of sp³-hybridized carbons (Fsp3) is 0.143. The molecule has 6 bridgehead atoms. The van der Waals surface area contributed by atoms with Crippen LogP contribution in [-0.2, 0) is 25.7 Å². The summed E-state index contributed by atoms with van der Waals surface area (Å²) in [5, 5.41) is 30.5. The third-order valence-corrected chi connectivity index (χ3v) is 5.83. The summed E-state index contributed by atoms with van der Waals surface area (Å²) in [7, 11) is 0. The van der Waals surface area contributed by atoms with Gasteiger partial charge in [-0.1, -0.05) is 30.3 Å². The summed E-state index contributed by atoms with van der Waals surface area (Å²) < 4.78 is 12.1. The lowest BCUT2D eigenvalue weighted by Gasteiger charge is -2.14. The Kier molecular flexibility index (Phi) is 5.53. The average molecular weight is 440 g/mol. The minimum absolute atomic E-state index is 0.163. The molecule has 0 aromatic heterocycles. The topological polar surface area (TPSA) is 79.2 Å². The van der Waals surface area contributed by atoms with E-state index in [1.807, 2.05) is 54.6 Å². The number of phenolic OH excluding ortho intramolecular Hbond substituents is 3. The van der Waals surface area contributed by atoms with E-state index in [2.05, 4.69) is 0 Å². The Morgan fingerprint density at radius 2 is 1.30 bits per heavy atom. The van der Waals surface area contributed by atoms with Crippen LogP contribution in [0, 0.1) is 0 Å². The molecular weight excluding hydrogens is 416 g/mol. The summed E-state index contributed by atoms with van der Waals surface area (Å²) in [5.74, 6) is 1.83. The maximum absolute atomic E-state index is 10.3. The first-order valence-electron chi connectivity index (χ1n) is 10.9. The molecule has 2 aliphatic rings. The molecule has 4 aromatic carbocycles. The van der Waals surface area contributed by atoms with E-state index >= 15 is 0 Å². The highest BCUT2D eigenvalue weighted by Gasteiger charge is 2.13. The second kappa shape index (κ2) is 8.79. The van der Waals surface area contributed by atoms with Crippen molar-refractivity contribution in [1.29, 1.82) is 0 Å². The molecule has 33 heavy (non-hydrogen) atoms. The molecule has 2 aliphatic heterocycles. The molecule has 0 fully saturated rings. The molecule has 2 heterocycles. The number of hydrogen-bond donors (Lipinski definition) is 3. The number of benzene rings is 4. The predicted molar refractivity (Wildman–Crippen MR) is 126 cm³/mol. The van der Waals surface area contributed by atoms with Crippen LogP contribution < -0.4 is 9.47 Å². The monoisotopic (exact) mass is 440 g/mol. The van der Waals surface area contributed by atoms with Crippen molar-refractivity contribution in [2.45, 2.75) is 25.7 Å². The molecular formula is C28H24O5. The summed E-state index contributed by atoms with van der Waals surface area (Å²) in [6.07, 6.45) is 2.88. The van der Waals surface area contributed by atoms with E-state index in [0.29, 0.717) is 30.1 Å². The smallest absolute Gasteiger partial charge is 0.201 e. The van der Waals surface area contributed by atoms with Gasteiger partial charge >= 0.3 is 0 Å². The highest BCUT2D eigenvalue weighted by atomic mass is 16.5. The van der Waals surface area contributed by atoms with E-state index in [0.717, 1.165) is 35.1 Å². The average Bonchev–Trinajstić information content (AvgIpc) is 2.81. The zero-order chi connectivity index (χ0) is 22.8. The van der Waals surface area contributed by atoms with Gasteiger partial charge in [0.15, 0.2) is 11.5 Å². The molecule has 6 rings (SSSR count). The molecule has 0 saturated heterocycles. The normalized spacial score (nSPS) is 13.2. The largest absolute Gasteiger partial charge is 0.508 e. The van der Waals surface area contributed by atoms with Gasteiger partial charge in [-0.3, -0.25) is 0 Å². The van der Waals surface area contributed by atoms with Crippen molar-refractivity contribution in [3.05, 3.63) is 101 Å². The molecule has 0 spiro atoms. The minimum atomic E-state index is -0.271. The standard InChI is InChI=1S/C28H24O5/c29-22-11-10-21-9-6-18-7-12-23(13-8-18)32-27-16-20(15-25(30)28(27)31)5-4-19-2-1-3-24(14-19)33-26(21)17-22/h1-3,7-8,10-17,29-31H,4-6,9H2. The molecule has 4 aromatic rings. The number of phenols is 3. The maximum Gasteiger partial charge on any atom is 0.201 e. The van der Waals surface area contributed by atoms with Crippen LogP contribution in [0.3, 0.4) is 0 Å². The second-order valence-electron chi connectivity index (χ2n) is 8.25. The summed E-state index contributed by atoms with van der Waals surface area (Å²) in [4.78, 5) is 0. The zero-order valence-corrected chi connectivity index (χ0v) is 18.0. The molecule has 0 radical (unpaired) electrons. The predicted octanol–water partition coefficient (Wildman–Crippen LogP) is 6.27. The van der Waals surface area contributed by atoms with Gasteiger partial charge in [-0.25, -0.2) is 0 Å². The van der Waals surface area contributed by atoms with Gasteiger partial charge in [0, 0.05) is 6.07 Å². The first-order chi connectivity index (χ1) is 16.0. The van der Waals surface area contributed by atoms with Gasteiger partial charge in [-0.15, -0.1) is 0 Å². The Labute approximate surface area is 192 Å². The summed E-state index contributed by atoms with van der Waals surface area (Å²) >= 11 is 0. The van der Waals surface area contributed by atoms with Gasteiger partial charge in [-0.2, -0.15) is 0 Å². The maximum atomic E-state index is 10.3. The third kappa shape index (κ3) is 4.72. The van der Waals surface area contributed by atoms with Crippen LogP contribution in [0.4, 0.5) is 0 Å². The molecule has 0 aliphatic carbocycles. The van der Waals surface area contributed by atoms with Gasteiger partial charge < -0.3 is 24.8 Å². The zero-order valence-electron chi connectivity index (χ0n) is 18.0. The number of rotatable bonds is 0. The van der Waals surface area contributed by atoms with E-state index in [9.17, 15) is 15.3 Å². The van der Waals surface area contributed by atoms with Gasteiger partial charge in [0.05, 0.1) is 0 Å². The van der Waals surface area contributed by atoms with Crippen molar-refractivity contribution in [2.24, 2.45) is 0 Å². The van der Waals surface area contributed by atoms with Crippen molar-refractivity contribution < 1.29 is 24.8 Å². The van der Waals surface area contributed by atoms with E-state index in [1.54, 1.807) is 24.3 Å². The molecule has 166 valence electrons. The first-order valence-corrected chi connectivity index (χ1v) is 10.9. The Morgan fingerprint density at radius 3 is 2.15 bits per heavy atom. The van der Waals surface area contributed by atoms with Crippen molar-refractivity contribution in [3.63, 3.8) is 0 Å². The highest BCUT2D eigenvalue weighted by molar-refractivity contribution is 5.54. The number of aryl methyl sites for hydroxylation is 4. The van der Waals surface area contributed by atoms with E-state index in [-0.39, 0.29) is 23.0 Å². The van der Waals surface area contributed by atoms with Crippen molar-refractivity contribution in [2.75, 3.05) is 0 Å². The SMILES string of the molecule is Oc1ccc2c(c1)Oc1cccc(c1)CCc1cc(O)c(O)c(c1)Oc1ccc(cc1)CC2. The molecule has 3 N–H and O–H groups in total. The van der Waals surface area contributed by atoms with Crippen LogP contribution in [0.2, 0.25) is 0 Å². The summed E-state index contributed by atoms with van der Waals surface area (Å²) in [6.45, 7) is 0. The Bertz CT molecular complexity index is 1290. The molecule has 0 amide bonds. The van der Waals surface area contributed by atoms with Crippen LogP contribution in [0.15, 0.2) is 78.9 Å². The van der Waals surface area contributed by atoms with Crippen molar-refractivity contribution in [1.82, 2.24) is 0 Å². The van der Waals surface area contributed by atoms with Crippen LogP contribution >= 0.6 is 0 Å². The lowest BCUT2D eigenvalue weighted by atomic mass is 10.0. The van der Waals surface area contributed by atoms with Gasteiger partial charge in [0.1, 0.15) is 23.0 Å². The van der Waals surface area contributed by atoms with Crippen molar-refractivity contribution in [3.8, 4) is 40.2 Å². The fourth-order valence-electron chi connectivity index (χ4n) is 4.03. The molecule has 0 atom stereocenters. The van der Waals surface area contributed by atoms with Crippen LogP contribution in [0.5, 0.6) is 40.2 Å². The van der Waals surface area contributed by atoms with Crippen LogP contribution in [-0.4, -0.2) is 15.3 Å². The summed E-state index contributed by atoms with van der Waals surface area (Å²) in [6, 6.07) is 24.0. The first kappa shape index (κ1) is 20.8. The van der Waals surface area contributed by atoms with Crippen LogP contribution in [0.1, 0.15) is 22.3 Å². The lowest BCUT2D eigenvalue weighted by molar-refractivity contribution is 0.372. The number of ether oxygens (including phenoxy) is 2. The minimum Gasteiger partial charge on any atom is -0.508 e. The van der Waals surface area contributed by atoms with Gasteiger partial charge in [0.2, 0.25) is 5.75 Å². The molecule has 0 unspecified atom stereocenters.